The highest BCUT2D eigenvalue weighted by Gasteiger charge is 2.38. The van der Waals surface area contributed by atoms with E-state index in [1.54, 1.807) is 12.3 Å². The summed E-state index contributed by atoms with van der Waals surface area (Å²) in [6.07, 6.45) is 2.32. The molecule has 0 saturated heterocycles. The molecular formula is C13H13F3N4O. The van der Waals surface area contributed by atoms with E-state index in [0.29, 0.717) is 11.9 Å². The molecule has 1 N–H and O–H groups in total. The number of carbonyl (C=O) groups excluding carboxylic acids is 1. The van der Waals surface area contributed by atoms with Crippen molar-refractivity contribution in [3.8, 4) is 0 Å². The molecule has 0 aliphatic carbocycles. The van der Waals surface area contributed by atoms with Crippen LogP contribution in [0, 0.1) is 5.92 Å². The maximum absolute atomic E-state index is 12.8. The molecular weight excluding hydrogens is 285 g/mol. The lowest BCUT2D eigenvalue weighted by molar-refractivity contribution is -0.138. The number of aryl methyl sites for hydroxylation is 1. The molecule has 1 amide bonds. The van der Waals surface area contributed by atoms with Gasteiger partial charge in [0.15, 0.2) is 0 Å². The summed E-state index contributed by atoms with van der Waals surface area (Å²) in [5.41, 5.74) is -1.21. The normalized spacial score (nSPS) is 18.3. The van der Waals surface area contributed by atoms with Crippen molar-refractivity contribution < 1.29 is 18.0 Å². The molecule has 0 radical (unpaired) electrons. The van der Waals surface area contributed by atoms with Gasteiger partial charge in [0.05, 0.1) is 6.20 Å². The van der Waals surface area contributed by atoms with Crippen LogP contribution in [0.15, 0.2) is 35.2 Å². The van der Waals surface area contributed by atoms with Gasteiger partial charge in [0, 0.05) is 31.1 Å². The topological polar surface area (TPSA) is 59.3 Å². The smallest absolute Gasteiger partial charge is 0.321 e. The van der Waals surface area contributed by atoms with Crippen LogP contribution in [-0.2, 0) is 13.2 Å². The third-order valence-corrected chi connectivity index (χ3v) is 2.82. The molecule has 5 nitrogen and oxygen atoms in total. The van der Waals surface area contributed by atoms with E-state index in [9.17, 15) is 18.0 Å². The fourth-order valence-corrected chi connectivity index (χ4v) is 1.88. The van der Waals surface area contributed by atoms with E-state index in [-0.39, 0.29) is 5.92 Å². The first kappa shape index (κ1) is 15.0. The Balaban J connectivity index is 2.28. The SMILES string of the molecule is CC1C=NC=CC(NC(=O)c2c(C(F)(F)F)cnn2C)=C1. The lowest BCUT2D eigenvalue weighted by atomic mass is 10.1. The van der Waals surface area contributed by atoms with Crippen LogP contribution in [0.25, 0.3) is 0 Å². The number of alkyl halides is 3. The van der Waals surface area contributed by atoms with E-state index in [0.717, 1.165) is 4.68 Å². The molecule has 0 bridgehead atoms. The summed E-state index contributed by atoms with van der Waals surface area (Å²) in [5.74, 6) is -0.906. The van der Waals surface area contributed by atoms with Gasteiger partial charge in [-0.1, -0.05) is 13.0 Å². The Morgan fingerprint density at radius 1 is 1.43 bits per heavy atom. The Hall–Kier alpha value is -2.38. The number of aromatic nitrogens is 2. The van der Waals surface area contributed by atoms with E-state index < -0.39 is 23.3 Å². The van der Waals surface area contributed by atoms with Crippen molar-refractivity contribution in [3.63, 3.8) is 0 Å². The van der Waals surface area contributed by atoms with Crippen molar-refractivity contribution in [2.75, 3.05) is 0 Å². The number of allylic oxidation sites excluding steroid dienone is 2. The van der Waals surface area contributed by atoms with E-state index in [1.165, 1.54) is 19.3 Å². The maximum Gasteiger partial charge on any atom is 0.420 e. The van der Waals surface area contributed by atoms with Crippen LogP contribution in [-0.4, -0.2) is 21.9 Å². The lowest BCUT2D eigenvalue weighted by Gasteiger charge is -2.10. The van der Waals surface area contributed by atoms with Gasteiger partial charge in [0.2, 0.25) is 0 Å². The minimum Gasteiger partial charge on any atom is -0.321 e. The summed E-state index contributed by atoms with van der Waals surface area (Å²) < 4.78 is 39.4. The Bertz CT molecular complexity index is 640. The van der Waals surface area contributed by atoms with Crippen molar-refractivity contribution in [1.29, 1.82) is 0 Å². The average Bonchev–Trinajstić information content (AvgIpc) is 2.65. The van der Waals surface area contributed by atoms with Gasteiger partial charge in [0.25, 0.3) is 5.91 Å². The van der Waals surface area contributed by atoms with Crippen LogP contribution < -0.4 is 5.32 Å². The molecule has 21 heavy (non-hydrogen) atoms. The van der Waals surface area contributed by atoms with Crippen LogP contribution in [0.2, 0.25) is 0 Å². The monoisotopic (exact) mass is 298 g/mol. The average molecular weight is 298 g/mol. The first-order valence-electron chi connectivity index (χ1n) is 6.11. The number of carbonyl (C=O) groups is 1. The number of rotatable bonds is 2. The standard InChI is InChI=1S/C13H13F3N4O/c1-8-5-9(3-4-17-6-8)19-12(21)11-10(13(14,15)16)7-18-20(11)2/h3-8H,1-2H3,(H,19,21). The summed E-state index contributed by atoms with van der Waals surface area (Å²) in [6.45, 7) is 1.84. The molecule has 1 aliphatic rings. The van der Waals surface area contributed by atoms with Gasteiger partial charge in [-0.25, -0.2) is 0 Å². The van der Waals surface area contributed by atoms with E-state index in [1.807, 2.05) is 6.92 Å². The number of nitrogens with zero attached hydrogens (tertiary/aromatic N) is 3. The molecule has 2 rings (SSSR count). The van der Waals surface area contributed by atoms with Gasteiger partial charge in [-0.3, -0.25) is 14.5 Å². The fraction of sp³-hybridized carbons (Fsp3) is 0.308. The number of aliphatic imine (C=N–C) groups is 1. The molecule has 8 heteroatoms. The molecule has 112 valence electrons. The minimum atomic E-state index is -4.63. The highest BCUT2D eigenvalue weighted by atomic mass is 19.4. The zero-order valence-corrected chi connectivity index (χ0v) is 11.3. The van der Waals surface area contributed by atoms with Crippen LogP contribution in [0.1, 0.15) is 23.0 Å². The zero-order chi connectivity index (χ0) is 15.6. The molecule has 1 aliphatic heterocycles. The summed E-state index contributed by atoms with van der Waals surface area (Å²) >= 11 is 0. The summed E-state index contributed by atoms with van der Waals surface area (Å²) in [4.78, 5) is 16.0. The minimum absolute atomic E-state index is 0.0380. The second-order valence-corrected chi connectivity index (χ2v) is 4.58. The van der Waals surface area contributed by atoms with Crippen LogP contribution >= 0.6 is 0 Å². The largest absolute Gasteiger partial charge is 0.420 e. The Kier molecular flexibility index (Phi) is 3.97. The molecule has 1 unspecified atom stereocenters. The van der Waals surface area contributed by atoms with Crippen LogP contribution in [0.3, 0.4) is 0 Å². The number of hydrogen-bond acceptors (Lipinski definition) is 3. The highest BCUT2D eigenvalue weighted by Crippen LogP contribution is 2.31. The van der Waals surface area contributed by atoms with Gasteiger partial charge in [-0.2, -0.15) is 18.3 Å². The highest BCUT2D eigenvalue weighted by molar-refractivity contribution is 5.95. The maximum atomic E-state index is 12.8. The first-order valence-corrected chi connectivity index (χ1v) is 6.11. The van der Waals surface area contributed by atoms with Gasteiger partial charge in [0.1, 0.15) is 11.3 Å². The number of nitrogens with one attached hydrogen (secondary N) is 1. The molecule has 2 heterocycles. The second-order valence-electron chi connectivity index (χ2n) is 4.58. The zero-order valence-electron chi connectivity index (χ0n) is 11.3. The van der Waals surface area contributed by atoms with Crippen LogP contribution in [0.4, 0.5) is 13.2 Å². The van der Waals surface area contributed by atoms with E-state index >= 15 is 0 Å². The first-order chi connectivity index (χ1) is 9.79. The van der Waals surface area contributed by atoms with Gasteiger partial charge in [-0.05, 0) is 6.08 Å². The van der Waals surface area contributed by atoms with E-state index in [2.05, 4.69) is 15.4 Å². The molecule has 1 aromatic rings. The van der Waals surface area contributed by atoms with E-state index in [4.69, 9.17) is 0 Å². The quantitative estimate of drug-likeness (QED) is 0.910. The summed E-state index contributed by atoms with van der Waals surface area (Å²) in [7, 11) is 1.28. The molecule has 0 spiro atoms. The van der Waals surface area contributed by atoms with Crippen molar-refractivity contribution in [2.24, 2.45) is 18.0 Å². The van der Waals surface area contributed by atoms with Crippen molar-refractivity contribution in [1.82, 2.24) is 15.1 Å². The van der Waals surface area contributed by atoms with Crippen molar-refractivity contribution >= 4 is 12.1 Å². The van der Waals surface area contributed by atoms with Gasteiger partial charge >= 0.3 is 6.18 Å². The fourth-order valence-electron chi connectivity index (χ4n) is 1.88. The van der Waals surface area contributed by atoms with Gasteiger partial charge in [-0.15, -0.1) is 0 Å². The predicted molar refractivity (Wildman–Crippen MR) is 70.6 cm³/mol. The number of halogens is 3. The summed E-state index contributed by atoms with van der Waals surface area (Å²) in [5, 5.41) is 5.94. The number of amides is 1. The van der Waals surface area contributed by atoms with Gasteiger partial charge < -0.3 is 5.32 Å². The van der Waals surface area contributed by atoms with Crippen molar-refractivity contribution in [2.45, 2.75) is 13.1 Å². The molecule has 1 aromatic heterocycles. The lowest BCUT2D eigenvalue weighted by Crippen LogP contribution is -2.27. The molecule has 0 aromatic carbocycles. The molecule has 0 saturated carbocycles. The molecule has 0 fully saturated rings. The third-order valence-electron chi connectivity index (χ3n) is 2.82. The van der Waals surface area contributed by atoms with Crippen molar-refractivity contribution in [3.05, 3.63) is 41.5 Å². The summed E-state index contributed by atoms with van der Waals surface area (Å²) in [6, 6.07) is 0. The predicted octanol–water partition coefficient (Wildman–Crippen LogP) is 2.29. The Labute approximate surface area is 118 Å². The second kappa shape index (κ2) is 5.55. The Morgan fingerprint density at radius 3 is 2.81 bits per heavy atom. The molecule has 1 atom stereocenters. The third kappa shape index (κ3) is 3.39. The Morgan fingerprint density at radius 2 is 2.14 bits per heavy atom. The van der Waals surface area contributed by atoms with Crippen LogP contribution in [0.5, 0.6) is 0 Å². The number of hydrogen-bond donors (Lipinski definition) is 1.